The fraction of sp³-hybridized carbons (Fsp3) is 0.0667. The number of benzene rings is 2. The summed E-state index contributed by atoms with van der Waals surface area (Å²) < 4.78 is 0. The van der Waals surface area contributed by atoms with Crippen LogP contribution in [0.15, 0.2) is 70.6 Å². The number of aliphatic imine (C=N–C) groups is 2. The number of nitrogens with zero attached hydrogens (tertiary/aromatic N) is 2. The largest absolute Gasteiger partial charge is 0.260 e. The van der Waals surface area contributed by atoms with Crippen LogP contribution in [0.3, 0.4) is 0 Å². The molecule has 2 nitrogen and oxygen atoms in total. The van der Waals surface area contributed by atoms with Crippen LogP contribution < -0.4 is 0 Å². The molecule has 0 radical (unpaired) electrons. The summed E-state index contributed by atoms with van der Waals surface area (Å²) in [6.45, 7) is 0.675. The monoisotopic (exact) mass is 220 g/mol. The normalized spacial score (nSPS) is 14.4. The van der Waals surface area contributed by atoms with Gasteiger partial charge >= 0.3 is 0 Å². The highest BCUT2D eigenvalue weighted by atomic mass is 15.0. The van der Waals surface area contributed by atoms with E-state index in [0.29, 0.717) is 6.54 Å². The second kappa shape index (κ2) is 4.34. The van der Waals surface area contributed by atoms with Crippen LogP contribution in [0.1, 0.15) is 11.1 Å². The third-order valence-electron chi connectivity index (χ3n) is 2.76. The van der Waals surface area contributed by atoms with E-state index in [9.17, 15) is 0 Å². The number of hydrogen-bond acceptors (Lipinski definition) is 2. The van der Waals surface area contributed by atoms with Gasteiger partial charge in [0.25, 0.3) is 0 Å². The van der Waals surface area contributed by atoms with Gasteiger partial charge in [0.2, 0.25) is 0 Å². The Balaban J connectivity index is 1.91. The Kier molecular flexibility index (Phi) is 2.54. The van der Waals surface area contributed by atoms with E-state index in [1.807, 2.05) is 48.5 Å². The SMILES string of the molecule is c1ccc(C2=NC(c3ccccc3)=NC2)cc1. The summed E-state index contributed by atoms with van der Waals surface area (Å²) >= 11 is 0. The summed E-state index contributed by atoms with van der Waals surface area (Å²) in [6, 6.07) is 20.3. The van der Waals surface area contributed by atoms with Gasteiger partial charge in [-0.1, -0.05) is 60.7 Å². The van der Waals surface area contributed by atoms with Crippen molar-refractivity contribution >= 4 is 11.5 Å². The van der Waals surface area contributed by atoms with Gasteiger partial charge in [-0.05, 0) is 5.56 Å². The highest BCUT2D eigenvalue weighted by molar-refractivity contribution is 6.17. The molecule has 0 spiro atoms. The molecular weight excluding hydrogens is 208 g/mol. The van der Waals surface area contributed by atoms with Crippen LogP contribution in [-0.2, 0) is 0 Å². The van der Waals surface area contributed by atoms with Crippen molar-refractivity contribution in [1.82, 2.24) is 0 Å². The second-order valence-electron chi connectivity index (χ2n) is 3.93. The average Bonchev–Trinajstić information content (AvgIpc) is 2.90. The van der Waals surface area contributed by atoms with Crippen LogP contribution >= 0.6 is 0 Å². The van der Waals surface area contributed by atoms with E-state index in [-0.39, 0.29) is 0 Å². The molecule has 0 saturated carbocycles. The molecule has 0 bridgehead atoms. The molecule has 0 aliphatic carbocycles. The Morgan fingerprint density at radius 3 is 1.94 bits per heavy atom. The lowest BCUT2D eigenvalue weighted by molar-refractivity contribution is 1.33. The maximum atomic E-state index is 4.60. The summed E-state index contributed by atoms with van der Waals surface area (Å²) in [6.07, 6.45) is 0. The topological polar surface area (TPSA) is 24.7 Å². The number of hydrogen-bond donors (Lipinski definition) is 0. The van der Waals surface area contributed by atoms with Gasteiger partial charge in [0.05, 0.1) is 12.3 Å². The quantitative estimate of drug-likeness (QED) is 0.743. The lowest BCUT2D eigenvalue weighted by atomic mass is 10.1. The van der Waals surface area contributed by atoms with E-state index in [1.54, 1.807) is 0 Å². The molecule has 1 aliphatic rings. The van der Waals surface area contributed by atoms with E-state index in [4.69, 9.17) is 0 Å². The van der Waals surface area contributed by atoms with Crippen molar-refractivity contribution in [3.8, 4) is 0 Å². The molecule has 1 heterocycles. The molecule has 3 rings (SSSR count). The molecule has 1 aliphatic heterocycles. The Morgan fingerprint density at radius 2 is 1.29 bits per heavy atom. The van der Waals surface area contributed by atoms with E-state index in [1.165, 1.54) is 0 Å². The van der Waals surface area contributed by atoms with Crippen molar-refractivity contribution in [2.24, 2.45) is 9.98 Å². The van der Waals surface area contributed by atoms with Crippen molar-refractivity contribution in [2.45, 2.75) is 0 Å². The minimum absolute atomic E-state index is 0.675. The molecule has 2 aromatic carbocycles. The van der Waals surface area contributed by atoms with Gasteiger partial charge < -0.3 is 0 Å². The molecule has 17 heavy (non-hydrogen) atoms. The maximum absolute atomic E-state index is 4.60. The fourth-order valence-electron chi connectivity index (χ4n) is 1.88. The van der Waals surface area contributed by atoms with Crippen LogP contribution in [0.5, 0.6) is 0 Å². The first-order valence-corrected chi connectivity index (χ1v) is 5.66. The Morgan fingerprint density at radius 1 is 0.706 bits per heavy atom. The zero-order chi connectivity index (χ0) is 11.5. The summed E-state index contributed by atoms with van der Waals surface area (Å²) in [7, 11) is 0. The first-order chi connectivity index (χ1) is 8.43. The minimum atomic E-state index is 0.675. The van der Waals surface area contributed by atoms with Crippen molar-refractivity contribution in [2.75, 3.05) is 6.54 Å². The van der Waals surface area contributed by atoms with E-state index in [2.05, 4.69) is 22.1 Å². The molecule has 0 atom stereocenters. The molecule has 0 unspecified atom stereocenters. The predicted molar refractivity (Wildman–Crippen MR) is 70.8 cm³/mol. The summed E-state index contributed by atoms with van der Waals surface area (Å²) in [5.74, 6) is 0.837. The molecular formula is C15H12N2. The van der Waals surface area contributed by atoms with Crippen molar-refractivity contribution < 1.29 is 0 Å². The number of rotatable bonds is 2. The Bertz CT molecular complexity index is 568. The van der Waals surface area contributed by atoms with Crippen LogP contribution in [0, 0.1) is 0 Å². The smallest absolute Gasteiger partial charge is 0.155 e. The molecule has 2 heteroatoms. The van der Waals surface area contributed by atoms with Gasteiger partial charge in [-0.2, -0.15) is 0 Å². The summed E-state index contributed by atoms with van der Waals surface area (Å²) in [4.78, 5) is 9.07. The average molecular weight is 220 g/mol. The third kappa shape index (κ3) is 2.02. The van der Waals surface area contributed by atoms with Gasteiger partial charge in [-0.15, -0.1) is 0 Å². The molecule has 0 fully saturated rings. The predicted octanol–water partition coefficient (Wildman–Crippen LogP) is 2.94. The Labute approximate surface area is 100 Å². The minimum Gasteiger partial charge on any atom is -0.260 e. The molecule has 0 N–H and O–H groups in total. The summed E-state index contributed by atoms with van der Waals surface area (Å²) in [5, 5.41) is 0. The van der Waals surface area contributed by atoms with E-state index < -0.39 is 0 Å². The second-order valence-corrected chi connectivity index (χ2v) is 3.93. The van der Waals surface area contributed by atoms with Crippen molar-refractivity contribution in [3.63, 3.8) is 0 Å². The lowest BCUT2D eigenvalue weighted by Gasteiger charge is -1.97. The van der Waals surface area contributed by atoms with Crippen LogP contribution in [-0.4, -0.2) is 18.1 Å². The third-order valence-corrected chi connectivity index (χ3v) is 2.76. The molecule has 0 amide bonds. The zero-order valence-corrected chi connectivity index (χ0v) is 9.38. The number of amidine groups is 1. The van der Waals surface area contributed by atoms with E-state index >= 15 is 0 Å². The highest BCUT2D eigenvalue weighted by Gasteiger charge is 2.12. The fourth-order valence-corrected chi connectivity index (χ4v) is 1.88. The standard InChI is InChI=1S/C15H12N2/c1-3-7-12(8-4-1)14-11-16-15(17-14)13-9-5-2-6-10-13/h1-10H,11H2. The lowest BCUT2D eigenvalue weighted by Crippen LogP contribution is -2.01. The van der Waals surface area contributed by atoms with Crippen LogP contribution in [0.4, 0.5) is 0 Å². The highest BCUT2D eigenvalue weighted by Crippen LogP contribution is 2.12. The van der Waals surface area contributed by atoms with Gasteiger partial charge in [-0.3, -0.25) is 4.99 Å². The maximum Gasteiger partial charge on any atom is 0.155 e. The molecule has 0 saturated heterocycles. The van der Waals surface area contributed by atoms with Gasteiger partial charge in [0.1, 0.15) is 0 Å². The molecule has 0 aromatic heterocycles. The molecule has 82 valence electrons. The molecule has 2 aromatic rings. The van der Waals surface area contributed by atoms with Crippen molar-refractivity contribution in [3.05, 3.63) is 71.8 Å². The van der Waals surface area contributed by atoms with Crippen molar-refractivity contribution in [1.29, 1.82) is 0 Å². The van der Waals surface area contributed by atoms with Gasteiger partial charge in [0, 0.05) is 5.56 Å². The first kappa shape index (κ1) is 9.97. The van der Waals surface area contributed by atoms with Gasteiger partial charge in [-0.25, -0.2) is 4.99 Å². The van der Waals surface area contributed by atoms with Crippen LogP contribution in [0.25, 0.3) is 0 Å². The van der Waals surface area contributed by atoms with Gasteiger partial charge in [0.15, 0.2) is 5.84 Å². The van der Waals surface area contributed by atoms with Crippen LogP contribution in [0.2, 0.25) is 0 Å². The van der Waals surface area contributed by atoms with E-state index in [0.717, 1.165) is 22.7 Å². The Hall–Kier alpha value is -2.22. The summed E-state index contributed by atoms with van der Waals surface area (Å²) in [5.41, 5.74) is 3.28. The zero-order valence-electron chi connectivity index (χ0n) is 9.38. The first-order valence-electron chi connectivity index (χ1n) is 5.66.